The summed E-state index contributed by atoms with van der Waals surface area (Å²) in [5, 5.41) is 0. The number of unbranched alkanes of at least 4 members (excludes halogenated alkanes) is 3. The lowest BCUT2D eigenvalue weighted by Gasteiger charge is -1.99. The molecule has 0 heterocycles. The molecule has 0 aromatic heterocycles. The minimum Gasteiger partial charge on any atom is -0.193 e. The zero-order valence-electron chi connectivity index (χ0n) is 6.01. The van der Waals surface area contributed by atoms with Crippen LogP contribution in [0.5, 0.6) is 0 Å². The van der Waals surface area contributed by atoms with E-state index >= 15 is 0 Å². The van der Waals surface area contributed by atoms with Gasteiger partial charge in [0, 0.05) is 0 Å². The molecule has 0 aliphatic carbocycles. The van der Waals surface area contributed by atoms with Gasteiger partial charge in [0.05, 0.1) is 0 Å². The second-order valence-electron chi connectivity index (χ2n) is 2.33. The maximum atomic E-state index is 4.30. The SMILES string of the molecule is CCCCCC[SiH](S)S. The van der Waals surface area contributed by atoms with Crippen molar-refractivity contribution in [2.75, 3.05) is 0 Å². The molecule has 0 atom stereocenters. The van der Waals surface area contributed by atoms with Crippen LogP contribution >= 0.6 is 24.2 Å². The highest BCUT2D eigenvalue weighted by Gasteiger charge is 1.95. The van der Waals surface area contributed by atoms with Crippen LogP contribution in [0.25, 0.3) is 0 Å². The molecule has 3 heteroatoms. The van der Waals surface area contributed by atoms with E-state index in [1.54, 1.807) is 0 Å². The minimum atomic E-state index is -0.824. The average molecular weight is 180 g/mol. The lowest BCUT2D eigenvalue weighted by molar-refractivity contribution is 0.701. The van der Waals surface area contributed by atoms with Crippen LogP contribution in [0.3, 0.4) is 0 Å². The highest BCUT2D eigenvalue weighted by atomic mass is 32.5. The van der Waals surface area contributed by atoms with Crippen molar-refractivity contribution in [3.8, 4) is 0 Å². The number of thiol groups is 2. The first-order valence-electron chi connectivity index (χ1n) is 3.63. The van der Waals surface area contributed by atoms with Crippen LogP contribution in [-0.2, 0) is 0 Å². The molecule has 0 saturated carbocycles. The van der Waals surface area contributed by atoms with E-state index in [2.05, 4.69) is 31.1 Å². The van der Waals surface area contributed by atoms with Crippen LogP contribution in [0.15, 0.2) is 0 Å². The van der Waals surface area contributed by atoms with Crippen LogP contribution in [0, 0.1) is 0 Å². The molecule has 9 heavy (non-hydrogen) atoms. The molecule has 0 spiro atoms. The van der Waals surface area contributed by atoms with Gasteiger partial charge in [0.25, 0.3) is 0 Å². The van der Waals surface area contributed by atoms with Crippen molar-refractivity contribution in [2.24, 2.45) is 0 Å². The standard InChI is InChI=1S/C6H16S2Si/c1-2-3-4-5-6-9(7)8/h7-9H,2-6H2,1H3. The van der Waals surface area contributed by atoms with E-state index in [1.807, 2.05) is 0 Å². The van der Waals surface area contributed by atoms with Crippen molar-refractivity contribution in [3.63, 3.8) is 0 Å². The molecule has 0 fully saturated rings. The maximum Gasteiger partial charge on any atom is 0.153 e. The van der Waals surface area contributed by atoms with Crippen LogP contribution < -0.4 is 0 Å². The Morgan fingerprint density at radius 3 is 2.22 bits per heavy atom. The van der Waals surface area contributed by atoms with Crippen LogP contribution in [-0.4, -0.2) is 7.10 Å². The fraction of sp³-hybridized carbons (Fsp3) is 1.00. The predicted molar refractivity (Wildman–Crippen MR) is 54.1 cm³/mol. The molecule has 0 radical (unpaired) electrons. The Morgan fingerprint density at radius 1 is 1.11 bits per heavy atom. The van der Waals surface area contributed by atoms with Gasteiger partial charge in [-0.15, -0.1) is 0 Å². The van der Waals surface area contributed by atoms with E-state index in [4.69, 9.17) is 0 Å². The molecule has 0 aromatic carbocycles. The van der Waals surface area contributed by atoms with Gasteiger partial charge in [0.15, 0.2) is 7.10 Å². The summed E-state index contributed by atoms with van der Waals surface area (Å²) in [6.45, 7) is 2.23. The largest absolute Gasteiger partial charge is 0.193 e. The van der Waals surface area contributed by atoms with Gasteiger partial charge >= 0.3 is 0 Å². The first kappa shape index (κ1) is 9.92. The molecular weight excluding hydrogens is 164 g/mol. The average Bonchev–Trinajstić information content (AvgIpc) is 1.80. The van der Waals surface area contributed by atoms with E-state index in [9.17, 15) is 0 Å². The van der Waals surface area contributed by atoms with Crippen molar-refractivity contribution in [2.45, 2.75) is 38.7 Å². The minimum absolute atomic E-state index is 0.824. The topological polar surface area (TPSA) is 0 Å². The molecule has 0 aliphatic rings. The quantitative estimate of drug-likeness (QED) is 0.363. The van der Waals surface area contributed by atoms with Crippen molar-refractivity contribution in [1.29, 1.82) is 0 Å². The predicted octanol–water partition coefficient (Wildman–Crippen LogP) is 2.65. The molecule has 0 N–H and O–H groups in total. The third kappa shape index (κ3) is 8.92. The first-order chi connectivity index (χ1) is 4.27. The summed E-state index contributed by atoms with van der Waals surface area (Å²) in [5.74, 6) is 0. The van der Waals surface area contributed by atoms with Crippen LogP contribution in [0.2, 0.25) is 6.04 Å². The third-order valence-electron chi connectivity index (χ3n) is 1.32. The fourth-order valence-electron chi connectivity index (χ4n) is 0.754. The van der Waals surface area contributed by atoms with Crippen molar-refractivity contribution < 1.29 is 0 Å². The summed E-state index contributed by atoms with van der Waals surface area (Å²) < 4.78 is 0. The number of hydrogen-bond donors (Lipinski definition) is 2. The van der Waals surface area contributed by atoms with Crippen molar-refractivity contribution in [1.82, 2.24) is 0 Å². The molecule has 0 saturated heterocycles. The van der Waals surface area contributed by atoms with Crippen LogP contribution in [0.4, 0.5) is 0 Å². The monoisotopic (exact) mass is 180 g/mol. The molecule has 0 amide bonds. The van der Waals surface area contributed by atoms with E-state index < -0.39 is 7.10 Å². The smallest absolute Gasteiger partial charge is 0.153 e. The zero-order valence-corrected chi connectivity index (χ0v) is 8.95. The van der Waals surface area contributed by atoms with Crippen LogP contribution in [0.1, 0.15) is 32.6 Å². The molecule has 0 nitrogen and oxygen atoms in total. The van der Waals surface area contributed by atoms with Crippen molar-refractivity contribution in [3.05, 3.63) is 0 Å². The Labute approximate surface area is 70.1 Å². The summed E-state index contributed by atoms with van der Waals surface area (Å²) in [4.78, 5) is 0. The van der Waals surface area contributed by atoms with Gasteiger partial charge in [-0.3, -0.25) is 0 Å². The van der Waals surface area contributed by atoms with Gasteiger partial charge < -0.3 is 0 Å². The van der Waals surface area contributed by atoms with Gasteiger partial charge in [-0.05, 0) is 6.04 Å². The summed E-state index contributed by atoms with van der Waals surface area (Å²) in [6.07, 6.45) is 5.42. The molecule has 0 rings (SSSR count). The fourth-order valence-corrected chi connectivity index (χ4v) is 2.50. The van der Waals surface area contributed by atoms with Crippen molar-refractivity contribution >= 4 is 31.3 Å². The lowest BCUT2D eigenvalue weighted by Crippen LogP contribution is -1.90. The molecule has 0 aromatic rings. The summed E-state index contributed by atoms with van der Waals surface area (Å²) in [7, 11) is -0.824. The molecule has 56 valence electrons. The zero-order chi connectivity index (χ0) is 7.11. The Balaban J connectivity index is 2.75. The van der Waals surface area contributed by atoms with E-state index in [-0.39, 0.29) is 0 Å². The summed E-state index contributed by atoms with van der Waals surface area (Å²) in [5.41, 5.74) is 0. The lowest BCUT2D eigenvalue weighted by atomic mass is 10.2. The second-order valence-corrected chi connectivity index (χ2v) is 8.83. The Morgan fingerprint density at radius 2 is 1.78 bits per heavy atom. The Kier molecular flexibility index (Phi) is 7.75. The summed E-state index contributed by atoms with van der Waals surface area (Å²) >= 11 is 8.61. The third-order valence-corrected chi connectivity index (χ3v) is 3.79. The molecule has 0 unspecified atom stereocenters. The van der Waals surface area contributed by atoms with E-state index in [0.717, 1.165) is 0 Å². The van der Waals surface area contributed by atoms with Gasteiger partial charge in [-0.2, -0.15) is 24.2 Å². The maximum absolute atomic E-state index is 4.30. The summed E-state index contributed by atoms with van der Waals surface area (Å²) in [6, 6.07) is 1.28. The Hall–Kier alpha value is 0.917. The molecular formula is C6H16S2Si. The number of hydrogen-bond acceptors (Lipinski definition) is 2. The van der Waals surface area contributed by atoms with Gasteiger partial charge in [-0.25, -0.2) is 0 Å². The van der Waals surface area contributed by atoms with Gasteiger partial charge in [0.2, 0.25) is 0 Å². The molecule has 0 bridgehead atoms. The van der Waals surface area contributed by atoms with Gasteiger partial charge in [-0.1, -0.05) is 32.6 Å². The highest BCUT2D eigenvalue weighted by Crippen LogP contribution is 2.09. The number of rotatable bonds is 5. The van der Waals surface area contributed by atoms with E-state index in [0.29, 0.717) is 0 Å². The van der Waals surface area contributed by atoms with E-state index in [1.165, 1.54) is 31.7 Å². The highest BCUT2D eigenvalue weighted by molar-refractivity contribution is 8.40. The second kappa shape index (κ2) is 7.03. The molecule has 0 aliphatic heterocycles. The van der Waals surface area contributed by atoms with Gasteiger partial charge in [0.1, 0.15) is 0 Å². The Bertz CT molecular complexity index is 57.0. The first-order valence-corrected chi connectivity index (χ1v) is 8.58. The normalized spacial score (nSPS) is 10.7.